The van der Waals surface area contributed by atoms with Crippen molar-refractivity contribution in [3.05, 3.63) is 102 Å². The molecule has 3 amide bonds. The van der Waals surface area contributed by atoms with Crippen LogP contribution in [0.15, 0.2) is 79.0 Å². The lowest BCUT2D eigenvalue weighted by atomic mass is 10.1. The molecule has 0 spiro atoms. The molecule has 0 radical (unpaired) electrons. The fourth-order valence-corrected chi connectivity index (χ4v) is 4.33. The maximum atomic E-state index is 13.7. The smallest absolute Gasteiger partial charge is 0.322 e. The van der Waals surface area contributed by atoms with Crippen molar-refractivity contribution in [2.24, 2.45) is 0 Å². The number of rotatable bonds is 11. The molecule has 1 heterocycles. The molecule has 0 aliphatic heterocycles. The van der Waals surface area contributed by atoms with E-state index in [1.54, 1.807) is 4.90 Å². The van der Waals surface area contributed by atoms with Gasteiger partial charge < -0.3 is 20.1 Å². The van der Waals surface area contributed by atoms with Crippen molar-refractivity contribution in [1.82, 2.24) is 14.8 Å². The number of fused-ring (bicyclic) bond motifs is 1. The summed E-state index contributed by atoms with van der Waals surface area (Å²) in [5, 5.41) is 3.71. The number of anilines is 1. The Morgan fingerprint density at radius 1 is 0.895 bits per heavy atom. The molecule has 198 valence electrons. The quantitative estimate of drug-likeness (QED) is 0.243. The molecule has 0 atom stereocenters. The Morgan fingerprint density at radius 2 is 1.66 bits per heavy atom. The highest BCUT2D eigenvalue weighted by molar-refractivity contribution is 5.92. The van der Waals surface area contributed by atoms with E-state index >= 15 is 0 Å². The second-order valence-electron chi connectivity index (χ2n) is 9.24. The van der Waals surface area contributed by atoms with Gasteiger partial charge in [-0.05, 0) is 42.2 Å². The van der Waals surface area contributed by atoms with Gasteiger partial charge in [-0.1, -0.05) is 61.9 Å². The molecule has 0 aliphatic rings. The summed E-state index contributed by atoms with van der Waals surface area (Å²) in [4.78, 5) is 33.1. The van der Waals surface area contributed by atoms with Crippen molar-refractivity contribution in [2.45, 2.75) is 32.7 Å². The number of aromatic amines is 1. The highest BCUT2D eigenvalue weighted by atomic mass is 19.2. The Kier molecular flexibility index (Phi) is 9.08. The van der Waals surface area contributed by atoms with Crippen LogP contribution in [0.5, 0.6) is 0 Å². The van der Waals surface area contributed by atoms with Gasteiger partial charge in [-0.25, -0.2) is 13.6 Å². The van der Waals surface area contributed by atoms with Crippen LogP contribution in [-0.4, -0.2) is 46.4 Å². The molecule has 0 saturated heterocycles. The number of unbranched alkanes of at least 4 members (excludes halogenated alkanes) is 1. The number of carbonyl (C=O) groups excluding carboxylic acids is 2. The van der Waals surface area contributed by atoms with Gasteiger partial charge in [0.1, 0.15) is 6.54 Å². The van der Waals surface area contributed by atoms with Crippen molar-refractivity contribution in [3.63, 3.8) is 0 Å². The lowest BCUT2D eigenvalue weighted by Gasteiger charge is -2.28. The van der Waals surface area contributed by atoms with Crippen molar-refractivity contribution < 1.29 is 18.4 Å². The summed E-state index contributed by atoms with van der Waals surface area (Å²) >= 11 is 0. The van der Waals surface area contributed by atoms with Gasteiger partial charge in [0.2, 0.25) is 5.91 Å². The number of amides is 3. The van der Waals surface area contributed by atoms with Crippen molar-refractivity contribution in [2.75, 3.05) is 25.0 Å². The Labute approximate surface area is 221 Å². The molecule has 0 saturated carbocycles. The second kappa shape index (κ2) is 12.9. The highest BCUT2D eigenvalue weighted by Gasteiger charge is 2.22. The van der Waals surface area contributed by atoms with E-state index in [1.165, 1.54) is 11.0 Å². The van der Waals surface area contributed by atoms with Crippen LogP contribution in [0.1, 0.15) is 30.9 Å². The zero-order valence-corrected chi connectivity index (χ0v) is 21.4. The number of aromatic nitrogens is 1. The van der Waals surface area contributed by atoms with Gasteiger partial charge in [-0.3, -0.25) is 4.79 Å². The first-order valence-corrected chi connectivity index (χ1v) is 12.8. The van der Waals surface area contributed by atoms with E-state index < -0.39 is 17.7 Å². The molecule has 0 aliphatic carbocycles. The van der Waals surface area contributed by atoms with Crippen LogP contribution in [0.2, 0.25) is 0 Å². The third-order valence-electron chi connectivity index (χ3n) is 6.46. The van der Waals surface area contributed by atoms with Crippen molar-refractivity contribution in [1.29, 1.82) is 0 Å². The summed E-state index contributed by atoms with van der Waals surface area (Å²) in [5.41, 5.74) is 3.28. The van der Waals surface area contributed by atoms with Gasteiger partial charge in [-0.2, -0.15) is 0 Å². The van der Waals surface area contributed by atoms with E-state index in [4.69, 9.17) is 0 Å². The van der Waals surface area contributed by atoms with E-state index in [9.17, 15) is 18.4 Å². The summed E-state index contributed by atoms with van der Waals surface area (Å²) in [6.45, 7) is 3.11. The molecule has 1 aromatic heterocycles. The maximum absolute atomic E-state index is 13.7. The third kappa shape index (κ3) is 6.97. The van der Waals surface area contributed by atoms with Gasteiger partial charge in [0.05, 0.1) is 0 Å². The molecule has 3 aromatic carbocycles. The van der Waals surface area contributed by atoms with Crippen LogP contribution in [-0.2, 0) is 17.8 Å². The Hall–Kier alpha value is -4.20. The predicted molar refractivity (Wildman–Crippen MR) is 146 cm³/mol. The normalized spacial score (nSPS) is 10.9. The van der Waals surface area contributed by atoms with Gasteiger partial charge in [0, 0.05) is 48.5 Å². The van der Waals surface area contributed by atoms with Crippen molar-refractivity contribution in [3.8, 4) is 0 Å². The molecule has 6 nitrogen and oxygen atoms in total. The second-order valence-corrected chi connectivity index (χ2v) is 9.24. The number of carbonyl (C=O) groups is 2. The number of nitrogens with zero attached hydrogens (tertiary/aromatic N) is 2. The Balaban J connectivity index is 1.49. The fraction of sp³-hybridized carbons (Fsp3) is 0.267. The van der Waals surface area contributed by atoms with Crippen LogP contribution in [0.25, 0.3) is 10.9 Å². The number of para-hydroxylation sites is 1. The molecule has 4 aromatic rings. The summed E-state index contributed by atoms with van der Waals surface area (Å²) in [7, 11) is 0. The summed E-state index contributed by atoms with van der Waals surface area (Å²) < 4.78 is 27.0. The highest BCUT2D eigenvalue weighted by Crippen LogP contribution is 2.19. The zero-order chi connectivity index (χ0) is 26.9. The van der Waals surface area contributed by atoms with Crippen LogP contribution >= 0.6 is 0 Å². The average molecular weight is 519 g/mol. The van der Waals surface area contributed by atoms with E-state index in [0.717, 1.165) is 40.6 Å². The van der Waals surface area contributed by atoms with Gasteiger partial charge in [0.25, 0.3) is 0 Å². The lowest BCUT2D eigenvalue weighted by molar-refractivity contribution is -0.132. The lowest BCUT2D eigenvalue weighted by Crippen LogP contribution is -2.45. The zero-order valence-electron chi connectivity index (χ0n) is 21.4. The molecule has 4 rings (SSSR count). The third-order valence-corrected chi connectivity index (χ3v) is 6.46. The summed E-state index contributed by atoms with van der Waals surface area (Å²) in [6.07, 6.45) is 4.15. The molecular weight excluding hydrogens is 486 g/mol. The number of urea groups is 1. The Bertz CT molecular complexity index is 1370. The van der Waals surface area contributed by atoms with Gasteiger partial charge in [-0.15, -0.1) is 0 Å². The number of benzene rings is 3. The van der Waals surface area contributed by atoms with Gasteiger partial charge in [0.15, 0.2) is 11.6 Å². The number of H-pyrrole nitrogens is 1. The van der Waals surface area contributed by atoms with Crippen LogP contribution < -0.4 is 5.32 Å². The largest absolute Gasteiger partial charge is 0.361 e. The minimum Gasteiger partial charge on any atom is -0.361 e. The molecule has 0 fully saturated rings. The topological polar surface area (TPSA) is 68.4 Å². The molecule has 38 heavy (non-hydrogen) atoms. The average Bonchev–Trinajstić information content (AvgIpc) is 3.34. The molecule has 2 N–H and O–H groups in total. The van der Waals surface area contributed by atoms with E-state index in [0.29, 0.717) is 32.5 Å². The van der Waals surface area contributed by atoms with E-state index in [2.05, 4.69) is 16.4 Å². The monoisotopic (exact) mass is 518 g/mol. The molecule has 0 unspecified atom stereocenters. The first-order chi connectivity index (χ1) is 18.4. The Morgan fingerprint density at radius 3 is 2.42 bits per heavy atom. The van der Waals surface area contributed by atoms with Crippen LogP contribution in [0, 0.1) is 11.6 Å². The number of hydrogen-bond donors (Lipinski definition) is 2. The molecule has 8 heteroatoms. The SMILES string of the molecule is CCCCN(CC(=O)N(CCc1c[nH]c2ccccc12)Cc1ccccc1)C(=O)Nc1ccc(F)c(F)c1. The van der Waals surface area contributed by atoms with Crippen LogP contribution in [0.3, 0.4) is 0 Å². The minimum atomic E-state index is -1.05. The predicted octanol–water partition coefficient (Wildman–Crippen LogP) is 6.35. The molecule has 0 bridgehead atoms. The summed E-state index contributed by atoms with van der Waals surface area (Å²) in [5.74, 6) is -2.23. The summed E-state index contributed by atoms with van der Waals surface area (Å²) in [6, 6.07) is 20.4. The van der Waals surface area contributed by atoms with E-state index in [1.807, 2.05) is 61.7 Å². The fourth-order valence-electron chi connectivity index (χ4n) is 4.33. The maximum Gasteiger partial charge on any atom is 0.322 e. The first-order valence-electron chi connectivity index (χ1n) is 12.8. The minimum absolute atomic E-state index is 0.128. The molecular formula is C30H32F2N4O2. The number of nitrogens with one attached hydrogen (secondary N) is 2. The van der Waals surface area contributed by atoms with Crippen molar-refractivity contribution >= 4 is 28.5 Å². The van der Waals surface area contributed by atoms with E-state index in [-0.39, 0.29) is 18.1 Å². The van der Waals surface area contributed by atoms with Crippen LogP contribution in [0.4, 0.5) is 19.3 Å². The number of hydrogen-bond acceptors (Lipinski definition) is 2. The number of halogens is 2. The first kappa shape index (κ1) is 26.9. The standard InChI is InChI=1S/C30H32F2N4O2/c1-2-3-16-36(30(38)34-24-13-14-26(31)27(32)18-24)21-29(37)35(20-22-9-5-4-6-10-22)17-15-23-19-33-28-12-8-7-11-25(23)28/h4-14,18-19,33H,2-3,15-17,20-21H2,1H3,(H,34,38). The van der Waals surface area contributed by atoms with Gasteiger partial charge >= 0.3 is 6.03 Å².